The van der Waals surface area contributed by atoms with Crippen molar-refractivity contribution >= 4 is 0 Å². The van der Waals surface area contributed by atoms with Crippen LogP contribution in [0.25, 0.3) is 0 Å². The molecule has 1 fully saturated rings. The summed E-state index contributed by atoms with van der Waals surface area (Å²) in [5, 5.41) is 3.64. The first-order chi connectivity index (χ1) is 8.30. The van der Waals surface area contributed by atoms with Crippen LogP contribution in [-0.2, 0) is 4.74 Å². The molecule has 1 N–H and O–H groups in total. The third-order valence-electron chi connectivity index (χ3n) is 3.89. The number of rotatable bonds is 1. The van der Waals surface area contributed by atoms with Gasteiger partial charge >= 0.3 is 0 Å². The molecule has 0 spiro atoms. The van der Waals surface area contributed by atoms with Crippen LogP contribution in [0.5, 0.6) is 0 Å². The molecule has 2 nitrogen and oxygen atoms in total. The van der Waals surface area contributed by atoms with Gasteiger partial charge in [0, 0.05) is 11.6 Å². The predicted octanol–water partition coefficient (Wildman–Crippen LogP) is 3.44. The number of benzene rings is 1. The van der Waals surface area contributed by atoms with E-state index in [4.69, 9.17) is 4.74 Å². The molecule has 1 aromatic carbocycles. The van der Waals surface area contributed by atoms with Gasteiger partial charge in [0.2, 0.25) is 0 Å². The molecule has 2 unspecified atom stereocenters. The van der Waals surface area contributed by atoms with Crippen LogP contribution in [0.4, 0.5) is 0 Å². The average Bonchev–Trinajstić information content (AvgIpc) is 2.23. The molecule has 0 saturated carbocycles. The monoisotopic (exact) mass is 247 g/mol. The fourth-order valence-electron chi connectivity index (χ4n) is 2.82. The normalized spacial score (nSPS) is 27.2. The molecule has 18 heavy (non-hydrogen) atoms. The Morgan fingerprint density at radius 1 is 1.11 bits per heavy atom. The van der Waals surface area contributed by atoms with Gasteiger partial charge in [-0.25, -0.2) is 0 Å². The Balaban J connectivity index is 2.30. The van der Waals surface area contributed by atoms with E-state index in [0.717, 1.165) is 6.61 Å². The molecular weight excluding hydrogens is 222 g/mol. The van der Waals surface area contributed by atoms with Crippen LogP contribution in [0.1, 0.15) is 49.1 Å². The van der Waals surface area contributed by atoms with Gasteiger partial charge in [-0.3, -0.25) is 0 Å². The minimum atomic E-state index is 0.0730. The lowest BCUT2D eigenvalue weighted by molar-refractivity contribution is -0.0498. The van der Waals surface area contributed by atoms with Crippen molar-refractivity contribution < 1.29 is 4.74 Å². The molecule has 1 aromatic rings. The van der Waals surface area contributed by atoms with E-state index in [1.54, 1.807) is 0 Å². The van der Waals surface area contributed by atoms with Crippen LogP contribution in [0.2, 0.25) is 0 Å². The smallest absolute Gasteiger partial charge is 0.0978 e. The van der Waals surface area contributed by atoms with E-state index in [2.05, 4.69) is 59.0 Å². The van der Waals surface area contributed by atoms with E-state index < -0.39 is 0 Å². The third kappa shape index (κ3) is 2.60. The number of morpholine rings is 1. The van der Waals surface area contributed by atoms with Crippen molar-refractivity contribution in [3.05, 3.63) is 34.4 Å². The SMILES string of the molecule is Cc1cc(C)c(C2OCC(C)(C)NC2C)cc1C. The van der Waals surface area contributed by atoms with Gasteiger partial charge in [-0.15, -0.1) is 0 Å². The van der Waals surface area contributed by atoms with E-state index >= 15 is 0 Å². The minimum Gasteiger partial charge on any atom is -0.370 e. The summed E-state index contributed by atoms with van der Waals surface area (Å²) in [6, 6.07) is 4.89. The number of nitrogens with one attached hydrogen (secondary N) is 1. The fraction of sp³-hybridized carbons (Fsp3) is 0.625. The van der Waals surface area contributed by atoms with Crippen molar-refractivity contribution in [2.24, 2.45) is 0 Å². The largest absolute Gasteiger partial charge is 0.370 e. The summed E-state index contributed by atoms with van der Waals surface area (Å²) in [6.45, 7) is 13.9. The second-order valence-electron chi connectivity index (χ2n) is 6.34. The number of ether oxygens (including phenoxy) is 1. The zero-order chi connectivity index (χ0) is 13.5. The maximum Gasteiger partial charge on any atom is 0.0978 e. The summed E-state index contributed by atoms with van der Waals surface area (Å²) < 4.78 is 6.10. The van der Waals surface area contributed by atoms with Crippen LogP contribution >= 0.6 is 0 Å². The Morgan fingerprint density at radius 3 is 2.33 bits per heavy atom. The van der Waals surface area contributed by atoms with Gasteiger partial charge in [0.25, 0.3) is 0 Å². The molecule has 2 rings (SSSR count). The Bertz CT molecular complexity index is 451. The van der Waals surface area contributed by atoms with Gasteiger partial charge in [0.1, 0.15) is 0 Å². The van der Waals surface area contributed by atoms with Gasteiger partial charge in [0.05, 0.1) is 12.7 Å². The van der Waals surface area contributed by atoms with Crippen LogP contribution in [0.3, 0.4) is 0 Å². The predicted molar refractivity (Wildman–Crippen MR) is 76.0 cm³/mol. The van der Waals surface area contributed by atoms with Crippen LogP contribution in [-0.4, -0.2) is 18.2 Å². The zero-order valence-corrected chi connectivity index (χ0v) is 12.4. The van der Waals surface area contributed by atoms with E-state index in [9.17, 15) is 0 Å². The van der Waals surface area contributed by atoms with Crippen molar-refractivity contribution in [2.45, 2.75) is 59.2 Å². The Hall–Kier alpha value is -0.860. The molecule has 0 aliphatic carbocycles. The number of hydrogen-bond acceptors (Lipinski definition) is 2. The molecular formula is C16H25NO. The highest BCUT2D eigenvalue weighted by molar-refractivity contribution is 5.38. The van der Waals surface area contributed by atoms with Crippen LogP contribution < -0.4 is 5.32 Å². The minimum absolute atomic E-state index is 0.0730. The van der Waals surface area contributed by atoms with Gasteiger partial charge in [0.15, 0.2) is 0 Å². The number of hydrogen-bond donors (Lipinski definition) is 1. The topological polar surface area (TPSA) is 21.3 Å². The Morgan fingerprint density at radius 2 is 1.72 bits per heavy atom. The molecule has 100 valence electrons. The molecule has 2 heteroatoms. The van der Waals surface area contributed by atoms with Gasteiger partial charge < -0.3 is 10.1 Å². The highest BCUT2D eigenvalue weighted by Crippen LogP contribution is 2.31. The molecule has 0 aromatic heterocycles. The standard InChI is InChI=1S/C16H25NO/c1-10-7-12(3)14(8-11(10)2)15-13(4)17-16(5,6)9-18-15/h7-8,13,15,17H,9H2,1-6H3. The Labute approximate surface area is 111 Å². The fourth-order valence-corrected chi connectivity index (χ4v) is 2.82. The molecule has 0 radical (unpaired) electrons. The zero-order valence-electron chi connectivity index (χ0n) is 12.4. The summed E-state index contributed by atoms with van der Waals surface area (Å²) in [7, 11) is 0. The maximum absolute atomic E-state index is 6.10. The lowest BCUT2D eigenvalue weighted by Gasteiger charge is -2.41. The molecule has 1 aliphatic heterocycles. The first kappa shape index (κ1) is 13.6. The summed E-state index contributed by atoms with van der Waals surface area (Å²) in [5.74, 6) is 0. The molecule has 1 heterocycles. The molecule has 1 saturated heterocycles. The summed E-state index contributed by atoms with van der Waals surface area (Å²) in [6.07, 6.45) is 0.164. The lowest BCUT2D eigenvalue weighted by Crippen LogP contribution is -2.55. The van der Waals surface area contributed by atoms with Gasteiger partial charge in [-0.05, 0) is 63.8 Å². The highest BCUT2D eigenvalue weighted by atomic mass is 16.5. The molecule has 2 atom stereocenters. The number of aryl methyl sites for hydroxylation is 3. The summed E-state index contributed by atoms with van der Waals surface area (Å²) >= 11 is 0. The highest BCUT2D eigenvalue weighted by Gasteiger charge is 2.33. The van der Waals surface area contributed by atoms with E-state index in [0.29, 0.717) is 6.04 Å². The van der Waals surface area contributed by atoms with Crippen molar-refractivity contribution in [1.29, 1.82) is 0 Å². The molecule has 0 amide bonds. The quantitative estimate of drug-likeness (QED) is 0.821. The molecule has 1 aliphatic rings. The average molecular weight is 247 g/mol. The van der Waals surface area contributed by atoms with Crippen LogP contribution in [0, 0.1) is 20.8 Å². The van der Waals surface area contributed by atoms with E-state index in [1.807, 2.05) is 0 Å². The first-order valence-corrected chi connectivity index (χ1v) is 6.77. The van der Waals surface area contributed by atoms with Gasteiger partial charge in [-0.1, -0.05) is 12.1 Å². The second-order valence-corrected chi connectivity index (χ2v) is 6.34. The first-order valence-electron chi connectivity index (χ1n) is 6.77. The van der Waals surface area contributed by atoms with Crippen molar-refractivity contribution in [1.82, 2.24) is 5.32 Å². The lowest BCUT2D eigenvalue weighted by atomic mass is 9.91. The summed E-state index contributed by atoms with van der Waals surface area (Å²) in [4.78, 5) is 0. The third-order valence-corrected chi connectivity index (χ3v) is 3.89. The van der Waals surface area contributed by atoms with Crippen molar-refractivity contribution in [3.8, 4) is 0 Å². The van der Waals surface area contributed by atoms with Crippen molar-refractivity contribution in [2.75, 3.05) is 6.61 Å². The van der Waals surface area contributed by atoms with Crippen molar-refractivity contribution in [3.63, 3.8) is 0 Å². The Kier molecular flexibility index (Phi) is 3.52. The van der Waals surface area contributed by atoms with Gasteiger partial charge in [-0.2, -0.15) is 0 Å². The van der Waals surface area contributed by atoms with Crippen LogP contribution in [0.15, 0.2) is 12.1 Å². The summed E-state index contributed by atoms with van der Waals surface area (Å²) in [5.41, 5.74) is 5.43. The molecule has 0 bridgehead atoms. The van der Waals surface area contributed by atoms with E-state index in [-0.39, 0.29) is 11.6 Å². The van der Waals surface area contributed by atoms with E-state index in [1.165, 1.54) is 22.3 Å². The maximum atomic E-state index is 6.10. The second kappa shape index (κ2) is 4.67.